The molecule has 5 nitrogen and oxygen atoms in total. The lowest BCUT2D eigenvalue weighted by Gasteiger charge is -2.32. The molecule has 1 N–H and O–H groups in total. The van der Waals surface area contributed by atoms with Crippen molar-refractivity contribution in [3.8, 4) is 0 Å². The monoisotopic (exact) mass is 261 g/mol. The third kappa shape index (κ3) is 2.86. The smallest absolute Gasteiger partial charge is 0.253 e. The van der Waals surface area contributed by atoms with Crippen molar-refractivity contribution < 1.29 is 9.59 Å². The van der Waals surface area contributed by atoms with E-state index >= 15 is 0 Å². The largest absolute Gasteiger partial charge is 0.388 e. The van der Waals surface area contributed by atoms with E-state index in [1.807, 2.05) is 32.2 Å². The van der Waals surface area contributed by atoms with E-state index < -0.39 is 0 Å². The van der Waals surface area contributed by atoms with Crippen LogP contribution in [0.4, 0.5) is 5.69 Å². The van der Waals surface area contributed by atoms with Gasteiger partial charge in [-0.1, -0.05) is 0 Å². The molecule has 1 heterocycles. The van der Waals surface area contributed by atoms with Gasteiger partial charge in [-0.05, 0) is 30.7 Å². The lowest BCUT2D eigenvalue weighted by Crippen LogP contribution is -2.48. The van der Waals surface area contributed by atoms with Gasteiger partial charge in [0.1, 0.15) is 0 Å². The quantitative estimate of drug-likeness (QED) is 0.824. The molecule has 1 aromatic rings. The van der Waals surface area contributed by atoms with Gasteiger partial charge in [-0.25, -0.2) is 0 Å². The van der Waals surface area contributed by atoms with Crippen LogP contribution in [0.25, 0.3) is 0 Å². The normalized spacial score (nSPS) is 15.3. The molecule has 2 rings (SSSR count). The second-order valence-corrected chi connectivity index (χ2v) is 4.71. The van der Waals surface area contributed by atoms with Gasteiger partial charge in [0.25, 0.3) is 5.91 Å². The van der Waals surface area contributed by atoms with Crippen molar-refractivity contribution in [3.05, 3.63) is 29.3 Å². The van der Waals surface area contributed by atoms with E-state index in [-0.39, 0.29) is 5.91 Å². The number of piperazine rings is 1. The molecule has 0 saturated carbocycles. The van der Waals surface area contributed by atoms with Crippen LogP contribution in [0.1, 0.15) is 15.9 Å². The number of nitrogens with one attached hydrogen (secondary N) is 1. The maximum atomic E-state index is 12.3. The summed E-state index contributed by atoms with van der Waals surface area (Å²) in [4.78, 5) is 26.5. The highest BCUT2D eigenvalue weighted by molar-refractivity contribution is 5.95. The number of anilines is 1. The highest BCUT2D eigenvalue weighted by Crippen LogP contribution is 2.17. The maximum Gasteiger partial charge on any atom is 0.253 e. The van der Waals surface area contributed by atoms with Gasteiger partial charge < -0.3 is 15.1 Å². The summed E-state index contributed by atoms with van der Waals surface area (Å²) in [6.45, 7) is 4.41. The van der Waals surface area contributed by atoms with Crippen LogP contribution in [0, 0.1) is 6.92 Å². The van der Waals surface area contributed by atoms with Crippen molar-refractivity contribution in [3.63, 3.8) is 0 Å². The van der Waals surface area contributed by atoms with Crippen LogP contribution in [0.2, 0.25) is 0 Å². The highest BCUT2D eigenvalue weighted by atomic mass is 16.2. The van der Waals surface area contributed by atoms with Gasteiger partial charge in [-0.3, -0.25) is 9.59 Å². The fourth-order valence-electron chi connectivity index (χ4n) is 2.29. The van der Waals surface area contributed by atoms with Gasteiger partial charge in [0.2, 0.25) is 6.41 Å². The van der Waals surface area contributed by atoms with Gasteiger partial charge in [-0.15, -0.1) is 0 Å². The Kier molecular flexibility index (Phi) is 4.04. The Morgan fingerprint density at radius 3 is 2.47 bits per heavy atom. The van der Waals surface area contributed by atoms with E-state index in [0.29, 0.717) is 31.7 Å². The molecular formula is C14H19N3O2. The van der Waals surface area contributed by atoms with E-state index in [9.17, 15) is 9.59 Å². The number of hydrogen-bond acceptors (Lipinski definition) is 3. The molecule has 0 radical (unpaired) electrons. The van der Waals surface area contributed by atoms with Gasteiger partial charge in [-0.2, -0.15) is 0 Å². The van der Waals surface area contributed by atoms with Crippen LogP contribution in [0.15, 0.2) is 18.2 Å². The predicted octanol–water partition coefficient (Wildman–Crippen LogP) is 0.951. The van der Waals surface area contributed by atoms with Gasteiger partial charge in [0, 0.05) is 44.5 Å². The molecule has 0 aliphatic carbocycles. The molecule has 102 valence electrons. The molecule has 5 heteroatoms. The minimum absolute atomic E-state index is 0.0382. The van der Waals surface area contributed by atoms with Crippen LogP contribution in [-0.2, 0) is 4.79 Å². The van der Waals surface area contributed by atoms with E-state index in [1.54, 1.807) is 9.80 Å². The summed E-state index contributed by atoms with van der Waals surface area (Å²) >= 11 is 0. The zero-order chi connectivity index (χ0) is 13.8. The van der Waals surface area contributed by atoms with Crippen molar-refractivity contribution in [2.45, 2.75) is 6.92 Å². The SMILES string of the molecule is CNc1ccc(C(=O)N2CCN(C=O)CC2)cc1C. The first-order valence-electron chi connectivity index (χ1n) is 6.42. The Balaban J connectivity index is 2.08. The number of benzene rings is 1. The minimum Gasteiger partial charge on any atom is -0.388 e. The van der Waals surface area contributed by atoms with E-state index in [4.69, 9.17) is 0 Å². The number of nitrogens with zero attached hydrogens (tertiary/aromatic N) is 2. The Labute approximate surface area is 113 Å². The minimum atomic E-state index is 0.0382. The van der Waals surface area contributed by atoms with Crippen LogP contribution in [-0.4, -0.2) is 55.3 Å². The first kappa shape index (κ1) is 13.4. The average Bonchev–Trinajstić information content (AvgIpc) is 2.46. The van der Waals surface area contributed by atoms with Gasteiger partial charge in [0.15, 0.2) is 0 Å². The number of rotatable bonds is 3. The molecule has 0 unspecified atom stereocenters. The standard InChI is InChI=1S/C14H19N3O2/c1-11-9-12(3-4-13(11)15-2)14(19)17-7-5-16(10-18)6-8-17/h3-4,9-10,15H,5-8H2,1-2H3. The molecule has 0 atom stereocenters. The van der Waals surface area contributed by atoms with E-state index in [2.05, 4.69) is 5.32 Å². The van der Waals surface area contributed by atoms with Crippen molar-refractivity contribution in [2.75, 3.05) is 38.5 Å². The second kappa shape index (κ2) is 5.73. The molecule has 1 saturated heterocycles. The van der Waals surface area contributed by atoms with Crippen LogP contribution >= 0.6 is 0 Å². The highest BCUT2D eigenvalue weighted by Gasteiger charge is 2.21. The summed E-state index contributed by atoms with van der Waals surface area (Å²) in [6.07, 6.45) is 0.841. The molecular weight excluding hydrogens is 242 g/mol. The second-order valence-electron chi connectivity index (χ2n) is 4.71. The fraction of sp³-hybridized carbons (Fsp3) is 0.429. The lowest BCUT2D eigenvalue weighted by molar-refractivity contribution is -0.119. The molecule has 1 aliphatic heterocycles. The fourth-order valence-corrected chi connectivity index (χ4v) is 2.29. The number of aryl methyl sites for hydroxylation is 1. The molecule has 1 fully saturated rings. The molecule has 0 aromatic heterocycles. The lowest BCUT2D eigenvalue weighted by atomic mass is 10.1. The van der Waals surface area contributed by atoms with Crippen LogP contribution in [0.3, 0.4) is 0 Å². The Hall–Kier alpha value is -2.04. The molecule has 0 spiro atoms. The molecule has 19 heavy (non-hydrogen) atoms. The topological polar surface area (TPSA) is 52.7 Å². The van der Waals surface area contributed by atoms with E-state index in [0.717, 1.165) is 17.7 Å². The summed E-state index contributed by atoms with van der Waals surface area (Å²) in [5, 5.41) is 3.08. The summed E-state index contributed by atoms with van der Waals surface area (Å²) in [5.74, 6) is 0.0382. The first-order valence-corrected chi connectivity index (χ1v) is 6.42. The number of amides is 2. The zero-order valence-electron chi connectivity index (χ0n) is 11.3. The summed E-state index contributed by atoms with van der Waals surface area (Å²) < 4.78 is 0. The molecule has 1 aliphatic rings. The summed E-state index contributed by atoms with van der Waals surface area (Å²) in [6, 6.07) is 5.66. The predicted molar refractivity (Wildman–Crippen MR) is 74.3 cm³/mol. The molecule has 1 aromatic carbocycles. The number of carbonyl (C=O) groups is 2. The van der Waals surface area contributed by atoms with Gasteiger partial charge in [0.05, 0.1) is 0 Å². The zero-order valence-corrected chi connectivity index (χ0v) is 11.3. The van der Waals surface area contributed by atoms with Crippen LogP contribution in [0.5, 0.6) is 0 Å². The summed E-state index contributed by atoms with van der Waals surface area (Å²) in [5.41, 5.74) is 2.79. The number of carbonyl (C=O) groups excluding carboxylic acids is 2. The van der Waals surface area contributed by atoms with Crippen molar-refractivity contribution >= 4 is 18.0 Å². The Bertz CT molecular complexity index is 480. The van der Waals surface area contributed by atoms with E-state index in [1.165, 1.54) is 0 Å². The average molecular weight is 261 g/mol. The first-order chi connectivity index (χ1) is 9.15. The Morgan fingerprint density at radius 1 is 1.26 bits per heavy atom. The Morgan fingerprint density at radius 2 is 1.95 bits per heavy atom. The van der Waals surface area contributed by atoms with Crippen molar-refractivity contribution in [1.29, 1.82) is 0 Å². The van der Waals surface area contributed by atoms with Crippen molar-refractivity contribution in [2.24, 2.45) is 0 Å². The number of hydrogen-bond donors (Lipinski definition) is 1. The summed E-state index contributed by atoms with van der Waals surface area (Å²) in [7, 11) is 1.86. The maximum absolute atomic E-state index is 12.3. The third-order valence-corrected chi connectivity index (χ3v) is 3.49. The van der Waals surface area contributed by atoms with Gasteiger partial charge >= 0.3 is 0 Å². The third-order valence-electron chi connectivity index (χ3n) is 3.49. The van der Waals surface area contributed by atoms with Crippen molar-refractivity contribution in [1.82, 2.24) is 9.80 Å². The van der Waals surface area contributed by atoms with Crippen LogP contribution < -0.4 is 5.32 Å². The molecule has 2 amide bonds. The molecule has 0 bridgehead atoms.